The van der Waals surface area contributed by atoms with E-state index in [1.165, 1.54) is 35.9 Å². The van der Waals surface area contributed by atoms with Crippen LogP contribution in [-0.2, 0) is 22.4 Å². The summed E-state index contributed by atoms with van der Waals surface area (Å²) < 4.78 is 62.9. The molecule has 3 heterocycles. The third-order valence-electron chi connectivity index (χ3n) is 4.54. The minimum Gasteiger partial charge on any atom is -0.368 e. The molecule has 0 aliphatic carbocycles. The van der Waals surface area contributed by atoms with Crippen molar-refractivity contribution in [1.29, 1.82) is 0 Å². The van der Waals surface area contributed by atoms with Gasteiger partial charge in [-0.2, -0.15) is 13.2 Å². The summed E-state index contributed by atoms with van der Waals surface area (Å²) in [5.74, 6) is 0.512. The monoisotopic (exact) mass is 542 g/mol. The molecular formula is C20H17F3N6O3S3. The molecule has 3 aromatic heterocycles. The number of halogens is 3. The summed E-state index contributed by atoms with van der Waals surface area (Å²) >= 11 is 2.30. The summed E-state index contributed by atoms with van der Waals surface area (Å²) in [5.41, 5.74) is -0.332. The molecule has 0 saturated carbocycles. The Morgan fingerprint density at radius 3 is 2.63 bits per heavy atom. The van der Waals surface area contributed by atoms with Crippen molar-refractivity contribution in [1.82, 2.24) is 15.0 Å². The molecule has 0 atom stereocenters. The van der Waals surface area contributed by atoms with Gasteiger partial charge < -0.3 is 10.6 Å². The first-order valence-corrected chi connectivity index (χ1v) is 13.4. The quantitative estimate of drug-likeness (QED) is 0.304. The molecule has 1 aromatic carbocycles. The molecule has 0 saturated heterocycles. The van der Waals surface area contributed by atoms with Crippen LogP contribution in [-0.4, -0.2) is 42.2 Å². The summed E-state index contributed by atoms with van der Waals surface area (Å²) in [6.45, 7) is 0.455. The van der Waals surface area contributed by atoms with Gasteiger partial charge in [0.25, 0.3) is 0 Å². The highest BCUT2D eigenvalue weighted by Gasteiger charge is 2.30. The Balaban J connectivity index is 1.33. The lowest BCUT2D eigenvalue weighted by Gasteiger charge is -2.09. The van der Waals surface area contributed by atoms with Gasteiger partial charge in [0, 0.05) is 36.0 Å². The van der Waals surface area contributed by atoms with Crippen LogP contribution in [0.15, 0.2) is 47.1 Å². The number of alkyl halides is 3. The molecular weight excluding hydrogens is 525 g/mol. The van der Waals surface area contributed by atoms with Crippen molar-refractivity contribution in [2.75, 3.05) is 28.8 Å². The fourth-order valence-corrected chi connectivity index (χ4v) is 5.76. The van der Waals surface area contributed by atoms with Gasteiger partial charge in [-0.15, -0.1) is 22.7 Å². The number of hydrogen-bond donors (Lipinski definition) is 3. The minimum absolute atomic E-state index is 0.00192. The van der Waals surface area contributed by atoms with E-state index in [4.69, 9.17) is 0 Å². The maximum atomic E-state index is 12.8. The summed E-state index contributed by atoms with van der Waals surface area (Å²) in [6.07, 6.45) is 0.0806. The number of carbonyl (C=O) groups excluding carboxylic acids is 1. The molecule has 0 unspecified atom stereocenters. The molecule has 35 heavy (non-hydrogen) atoms. The molecule has 0 fully saturated rings. The van der Waals surface area contributed by atoms with Gasteiger partial charge in [-0.05, 0) is 24.3 Å². The molecule has 0 radical (unpaired) electrons. The maximum absolute atomic E-state index is 12.8. The van der Waals surface area contributed by atoms with Gasteiger partial charge in [0.2, 0.25) is 0 Å². The van der Waals surface area contributed by atoms with E-state index in [0.29, 0.717) is 29.0 Å². The fraction of sp³-hybridized carbons (Fsp3) is 0.200. The van der Waals surface area contributed by atoms with E-state index in [-0.39, 0.29) is 15.0 Å². The number of aromatic nitrogens is 3. The number of anilines is 3. The van der Waals surface area contributed by atoms with Crippen LogP contribution < -0.4 is 16.0 Å². The molecule has 15 heteroatoms. The standard InChI is InChI=1S/C20H17F3N6O3S3/c1-35(31,32)15-8-14-16(34-15)17(27-10-26-14)24-6-5-13-9-25-19(33-13)29-18(30)28-12-4-2-3-11(7-12)20(21,22)23/h2-4,7-10H,5-6H2,1H3,(H,24,26,27)(H2,25,28,29,30). The SMILES string of the molecule is CS(=O)(=O)c1cc2ncnc(NCCc3cnc(NC(=O)Nc4cccc(C(F)(F)F)c4)s3)c2s1. The molecule has 0 aliphatic rings. The normalized spacial score (nSPS) is 12.0. The molecule has 0 bridgehead atoms. The number of nitrogens with one attached hydrogen (secondary N) is 3. The lowest BCUT2D eigenvalue weighted by Crippen LogP contribution is -2.19. The van der Waals surface area contributed by atoms with Crippen LogP contribution in [0.1, 0.15) is 10.4 Å². The fourth-order valence-electron chi connectivity index (χ4n) is 2.96. The van der Waals surface area contributed by atoms with Crippen molar-refractivity contribution in [3.63, 3.8) is 0 Å². The Morgan fingerprint density at radius 2 is 1.89 bits per heavy atom. The van der Waals surface area contributed by atoms with Crippen molar-refractivity contribution >= 4 is 65.4 Å². The number of urea groups is 1. The van der Waals surface area contributed by atoms with E-state index >= 15 is 0 Å². The van der Waals surface area contributed by atoms with Gasteiger partial charge in [0.05, 0.1) is 15.8 Å². The largest absolute Gasteiger partial charge is 0.416 e. The second-order valence-electron chi connectivity index (χ2n) is 7.24. The highest BCUT2D eigenvalue weighted by molar-refractivity contribution is 7.93. The van der Waals surface area contributed by atoms with Crippen LogP contribution in [0.5, 0.6) is 0 Å². The van der Waals surface area contributed by atoms with Crippen LogP contribution in [0.4, 0.5) is 34.6 Å². The molecule has 0 spiro atoms. The van der Waals surface area contributed by atoms with E-state index in [1.54, 1.807) is 6.20 Å². The Labute approximate surface area is 205 Å². The second-order valence-corrected chi connectivity index (χ2v) is 11.7. The Kier molecular flexibility index (Phi) is 6.91. The number of sulfone groups is 1. The predicted molar refractivity (Wildman–Crippen MR) is 129 cm³/mol. The Morgan fingerprint density at radius 1 is 1.09 bits per heavy atom. The second kappa shape index (κ2) is 9.75. The lowest BCUT2D eigenvalue weighted by atomic mass is 10.2. The lowest BCUT2D eigenvalue weighted by molar-refractivity contribution is -0.137. The first-order chi connectivity index (χ1) is 16.5. The summed E-state index contributed by atoms with van der Waals surface area (Å²) in [5, 5.41) is 8.29. The van der Waals surface area contributed by atoms with Gasteiger partial charge in [-0.3, -0.25) is 5.32 Å². The van der Waals surface area contributed by atoms with Crippen molar-refractivity contribution in [2.24, 2.45) is 0 Å². The van der Waals surface area contributed by atoms with Crippen LogP contribution in [0, 0.1) is 0 Å². The molecule has 9 nitrogen and oxygen atoms in total. The summed E-state index contributed by atoms with van der Waals surface area (Å²) in [4.78, 5) is 25.4. The number of nitrogens with zero attached hydrogens (tertiary/aromatic N) is 3. The molecule has 4 rings (SSSR count). The van der Waals surface area contributed by atoms with Crippen LogP contribution in [0.3, 0.4) is 0 Å². The summed E-state index contributed by atoms with van der Waals surface area (Å²) in [7, 11) is -3.35. The first-order valence-electron chi connectivity index (χ1n) is 9.87. The third-order valence-corrected chi connectivity index (χ3v) is 8.44. The maximum Gasteiger partial charge on any atom is 0.416 e. The number of thiophene rings is 1. The smallest absolute Gasteiger partial charge is 0.368 e. The topological polar surface area (TPSA) is 126 Å². The zero-order valence-corrected chi connectivity index (χ0v) is 20.3. The average Bonchev–Trinajstić information content (AvgIpc) is 3.40. The van der Waals surface area contributed by atoms with E-state index in [1.807, 2.05) is 0 Å². The number of rotatable bonds is 7. The molecule has 4 aromatic rings. The van der Waals surface area contributed by atoms with E-state index in [0.717, 1.165) is 34.6 Å². The van der Waals surface area contributed by atoms with Crippen LogP contribution >= 0.6 is 22.7 Å². The van der Waals surface area contributed by atoms with Crippen molar-refractivity contribution < 1.29 is 26.4 Å². The van der Waals surface area contributed by atoms with Gasteiger partial charge in [0.1, 0.15) is 16.4 Å². The predicted octanol–water partition coefficient (Wildman–Crippen LogP) is 4.87. The first kappa shape index (κ1) is 24.8. The van der Waals surface area contributed by atoms with Crippen LogP contribution in [0.25, 0.3) is 10.2 Å². The molecule has 184 valence electrons. The third kappa shape index (κ3) is 6.23. The number of amides is 2. The van der Waals surface area contributed by atoms with Gasteiger partial charge in [-0.25, -0.2) is 28.2 Å². The van der Waals surface area contributed by atoms with Crippen molar-refractivity contribution in [3.05, 3.63) is 53.3 Å². The summed E-state index contributed by atoms with van der Waals surface area (Å²) in [6, 6.07) is 5.11. The van der Waals surface area contributed by atoms with Crippen molar-refractivity contribution in [2.45, 2.75) is 16.8 Å². The number of benzene rings is 1. The highest BCUT2D eigenvalue weighted by atomic mass is 32.2. The van der Waals surface area contributed by atoms with Gasteiger partial charge in [-0.1, -0.05) is 6.07 Å². The van der Waals surface area contributed by atoms with Gasteiger partial charge >= 0.3 is 12.2 Å². The highest BCUT2D eigenvalue weighted by Crippen LogP contribution is 2.32. The number of carbonyl (C=O) groups is 1. The number of fused-ring (bicyclic) bond motifs is 1. The van der Waals surface area contributed by atoms with Gasteiger partial charge in [0.15, 0.2) is 15.0 Å². The molecule has 0 aliphatic heterocycles. The Hall–Kier alpha value is -3.30. The molecule has 3 N–H and O–H groups in total. The molecule has 2 amide bonds. The number of hydrogen-bond acceptors (Lipinski definition) is 9. The van der Waals surface area contributed by atoms with E-state index in [9.17, 15) is 26.4 Å². The Bertz CT molecular complexity index is 1480. The zero-order valence-electron chi connectivity index (χ0n) is 17.9. The van der Waals surface area contributed by atoms with Crippen molar-refractivity contribution in [3.8, 4) is 0 Å². The minimum atomic E-state index is -4.51. The van der Waals surface area contributed by atoms with E-state index < -0.39 is 27.6 Å². The van der Waals surface area contributed by atoms with E-state index in [2.05, 4.69) is 30.9 Å². The van der Waals surface area contributed by atoms with Crippen LogP contribution in [0.2, 0.25) is 0 Å². The number of thiazole rings is 1. The average molecular weight is 543 g/mol. The zero-order chi connectivity index (χ0) is 25.2.